The average Bonchev–Trinajstić information content (AvgIpc) is 2.23. The molecule has 0 saturated heterocycles. The zero-order chi connectivity index (χ0) is 13.2. The fraction of sp³-hybridized carbons (Fsp3) is 1.00. The van der Waals surface area contributed by atoms with E-state index in [9.17, 15) is 0 Å². The minimum atomic E-state index is -2.61. The van der Waals surface area contributed by atoms with Crippen molar-refractivity contribution in [2.75, 3.05) is 39.6 Å². The fourth-order valence-corrected chi connectivity index (χ4v) is 0.418. The van der Waals surface area contributed by atoms with E-state index in [4.69, 9.17) is 33.0 Å². The number of hydrogen-bond donors (Lipinski definition) is 4. The molecule has 0 unspecified atom stereocenters. The number of aliphatic hydroxyl groups is 2. The number of hydrogen-bond acceptors (Lipinski definition) is 5. The zero-order valence-electron chi connectivity index (χ0n) is 9.66. The molecule has 7 nitrogen and oxygen atoms in total. The quantitative estimate of drug-likeness (QED) is 0.384. The Hall–Kier alpha value is -0.0900. The predicted molar refractivity (Wildman–Crippen MR) is 60.6 cm³/mol. The van der Waals surface area contributed by atoms with Crippen LogP contribution in [0.15, 0.2) is 0 Å². The monoisotopic (exact) mass is 262 g/mol. The summed E-state index contributed by atoms with van der Waals surface area (Å²) in [6.45, 7) is 6.39. The molecule has 0 fully saturated rings. The van der Waals surface area contributed by atoms with Gasteiger partial charge in [0.15, 0.2) is 0 Å². The third-order valence-corrected chi connectivity index (χ3v) is 0.879. The first kappa shape index (κ1) is 21.2. The molecule has 0 aromatic rings. The lowest BCUT2D eigenvalue weighted by Gasteiger charge is -1.91. The van der Waals surface area contributed by atoms with Crippen LogP contribution >= 0.6 is 0 Å². The molecular weight excluding hydrogens is 240 g/mol. The van der Waals surface area contributed by atoms with Gasteiger partial charge in [-0.2, -0.15) is 4.21 Å². The van der Waals surface area contributed by atoms with Crippen LogP contribution in [-0.2, 0) is 20.8 Å². The van der Waals surface area contributed by atoms with Gasteiger partial charge in [-0.3, -0.25) is 9.11 Å². The van der Waals surface area contributed by atoms with E-state index in [0.29, 0.717) is 26.4 Å². The van der Waals surface area contributed by atoms with E-state index >= 15 is 0 Å². The van der Waals surface area contributed by atoms with Gasteiger partial charge in [0.1, 0.15) is 0 Å². The summed E-state index contributed by atoms with van der Waals surface area (Å²) in [5.74, 6) is 0. The Morgan fingerprint density at radius 1 is 0.938 bits per heavy atom. The second-order valence-corrected chi connectivity index (χ2v) is 2.53. The predicted octanol–water partition coefficient (Wildman–Crippen LogP) is -0.288. The maximum absolute atomic E-state index is 8.67. The summed E-state index contributed by atoms with van der Waals surface area (Å²) in [7, 11) is 0. The van der Waals surface area contributed by atoms with Crippen LogP contribution in [0, 0.1) is 0 Å². The highest BCUT2D eigenvalue weighted by atomic mass is 32.2. The minimum absolute atomic E-state index is 0.133. The van der Waals surface area contributed by atoms with Gasteiger partial charge in [-0.15, -0.1) is 0 Å². The summed E-state index contributed by atoms with van der Waals surface area (Å²) in [6, 6.07) is 0. The molecule has 0 aromatic carbocycles. The lowest BCUT2D eigenvalue weighted by molar-refractivity contribution is 0.102. The van der Waals surface area contributed by atoms with Gasteiger partial charge in [0.05, 0.1) is 26.4 Å². The van der Waals surface area contributed by atoms with Crippen molar-refractivity contribution in [3.63, 3.8) is 0 Å². The molecule has 0 radical (unpaired) electrons. The van der Waals surface area contributed by atoms with Gasteiger partial charge in [-0.25, -0.2) is 0 Å². The van der Waals surface area contributed by atoms with E-state index < -0.39 is 11.4 Å². The second-order valence-electron chi connectivity index (χ2n) is 2.07. The van der Waals surface area contributed by atoms with Crippen LogP contribution in [0.3, 0.4) is 0 Å². The lowest BCUT2D eigenvalue weighted by atomic mass is 10.8. The van der Waals surface area contributed by atoms with Gasteiger partial charge in [0.2, 0.25) is 0 Å². The van der Waals surface area contributed by atoms with Crippen LogP contribution < -0.4 is 0 Å². The first-order valence-electron chi connectivity index (χ1n) is 4.73. The molecule has 0 bridgehead atoms. The fourth-order valence-electron chi connectivity index (χ4n) is 0.418. The average molecular weight is 262 g/mol. The van der Waals surface area contributed by atoms with E-state index in [-0.39, 0.29) is 13.2 Å². The minimum Gasteiger partial charge on any atom is -0.394 e. The van der Waals surface area contributed by atoms with Crippen molar-refractivity contribution >= 4 is 11.4 Å². The molecule has 0 heterocycles. The van der Waals surface area contributed by atoms with E-state index in [1.165, 1.54) is 0 Å². The second kappa shape index (κ2) is 24.2. The third kappa shape index (κ3) is 66.4. The molecule has 0 aromatic heterocycles. The molecule has 0 rings (SSSR count). The van der Waals surface area contributed by atoms with Crippen molar-refractivity contribution in [3.8, 4) is 0 Å². The number of rotatable bonds is 6. The SMILES string of the molecule is CCOCCO.CCOCCO.O=S(O)O. The summed E-state index contributed by atoms with van der Waals surface area (Å²) in [4.78, 5) is 0. The lowest BCUT2D eigenvalue weighted by Crippen LogP contribution is -1.96. The van der Waals surface area contributed by atoms with Gasteiger partial charge in [0, 0.05) is 13.2 Å². The number of aliphatic hydroxyl groups excluding tert-OH is 2. The highest BCUT2D eigenvalue weighted by Gasteiger charge is 1.74. The molecule has 0 atom stereocenters. The molecule has 8 heteroatoms. The third-order valence-electron chi connectivity index (χ3n) is 0.879. The van der Waals surface area contributed by atoms with Crippen molar-refractivity contribution in [1.82, 2.24) is 0 Å². The van der Waals surface area contributed by atoms with E-state index in [0.717, 1.165) is 0 Å². The summed E-state index contributed by atoms with van der Waals surface area (Å²) >= 11 is -2.61. The molecule has 0 saturated carbocycles. The summed E-state index contributed by atoms with van der Waals surface area (Å²) in [6.07, 6.45) is 0. The van der Waals surface area contributed by atoms with Crippen molar-refractivity contribution in [2.24, 2.45) is 0 Å². The van der Waals surface area contributed by atoms with Crippen LogP contribution in [0.2, 0.25) is 0 Å². The molecule has 16 heavy (non-hydrogen) atoms. The standard InChI is InChI=1S/2C4H10O2.H2O3S/c2*1-2-6-4-3-5;1-4(2)3/h2*5H,2-4H2,1H3;(H2,1,2,3). The van der Waals surface area contributed by atoms with Gasteiger partial charge in [-0.1, -0.05) is 0 Å². The summed E-state index contributed by atoms with van der Waals surface area (Å²) in [5.41, 5.74) is 0. The largest absolute Gasteiger partial charge is 0.394 e. The van der Waals surface area contributed by atoms with Crippen molar-refractivity contribution < 1.29 is 33.0 Å². The Morgan fingerprint density at radius 2 is 1.19 bits per heavy atom. The zero-order valence-corrected chi connectivity index (χ0v) is 10.5. The Morgan fingerprint density at radius 3 is 1.25 bits per heavy atom. The molecule has 0 aliphatic carbocycles. The first-order chi connectivity index (χ1) is 7.56. The van der Waals surface area contributed by atoms with Crippen molar-refractivity contribution in [3.05, 3.63) is 0 Å². The molecule has 0 amide bonds. The highest BCUT2D eigenvalue weighted by molar-refractivity contribution is 7.73. The van der Waals surface area contributed by atoms with Crippen molar-refractivity contribution in [1.29, 1.82) is 0 Å². The van der Waals surface area contributed by atoms with E-state index in [1.807, 2.05) is 13.8 Å². The maximum atomic E-state index is 8.67. The molecule has 0 spiro atoms. The summed E-state index contributed by atoms with van der Waals surface area (Å²) < 4.78 is 32.3. The Bertz CT molecular complexity index is 103. The normalized spacial score (nSPS) is 8.94. The highest BCUT2D eigenvalue weighted by Crippen LogP contribution is 1.67. The molecule has 0 aliphatic rings. The maximum Gasteiger partial charge on any atom is 0.299 e. The number of ether oxygens (including phenoxy) is 2. The van der Waals surface area contributed by atoms with Crippen LogP contribution in [0.5, 0.6) is 0 Å². The topological polar surface area (TPSA) is 116 Å². The Kier molecular flexibility index (Phi) is 32.1. The van der Waals surface area contributed by atoms with Gasteiger partial charge < -0.3 is 19.7 Å². The Balaban J connectivity index is -0.000000162. The first-order valence-corrected chi connectivity index (χ1v) is 5.80. The van der Waals surface area contributed by atoms with E-state index in [2.05, 4.69) is 0 Å². The smallest absolute Gasteiger partial charge is 0.299 e. The molecular formula is C8H22O7S. The van der Waals surface area contributed by atoms with Crippen LogP contribution in [0.1, 0.15) is 13.8 Å². The van der Waals surface area contributed by atoms with Crippen molar-refractivity contribution in [2.45, 2.75) is 13.8 Å². The van der Waals surface area contributed by atoms with Crippen LogP contribution in [-0.4, -0.2) is 63.2 Å². The summed E-state index contributed by atoms with van der Waals surface area (Å²) in [5, 5.41) is 16.1. The van der Waals surface area contributed by atoms with Gasteiger partial charge in [-0.05, 0) is 13.8 Å². The van der Waals surface area contributed by atoms with Gasteiger partial charge >= 0.3 is 0 Å². The Labute approximate surface area is 98.5 Å². The molecule has 4 N–H and O–H groups in total. The molecule has 0 aliphatic heterocycles. The van der Waals surface area contributed by atoms with E-state index in [1.54, 1.807) is 0 Å². The van der Waals surface area contributed by atoms with Crippen LogP contribution in [0.25, 0.3) is 0 Å². The van der Waals surface area contributed by atoms with Crippen LogP contribution in [0.4, 0.5) is 0 Å². The van der Waals surface area contributed by atoms with Gasteiger partial charge in [0.25, 0.3) is 11.4 Å². The molecule has 102 valence electrons.